The van der Waals surface area contributed by atoms with Gasteiger partial charge in [-0.15, -0.1) is 0 Å². The molecule has 1 N–H and O–H groups in total. The van der Waals surface area contributed by atoms with Crippen LogP contribution in [0.25, 0.3) is 0 Å². The van der Waals surface area contributed by atoms with Crippen LogP contribution in [0.5, 0.6) is 0 Å². The van der Waals surface area contributed by atoms with Gasteiger partial charge in [-0.05, 0) is 24.7 Å². The van der Waals surface area contributed by atoms with Crippen molar-refractivity contribution in [3.05, 3.63) is 17.7 Å². The first-order valence-corrected chi connectivity index (χ1v) is 5.82. The van der Waals surface area contributed by atoms with Crippen molar-refractivity contribution in [1.82, 2.24) is 9.55 Å². The second-order valence-electron chi connectivity index (χ2n) is 4.84. The first kappa shape index (κ1) is 11.2. The molecule has 2 rings (SSSR count). The molecule has 0 fully saturated rings. The molecule has 1 heterocycles. The zero-order valence-electron chi connectivity index (χ0n) is 9.81. The third-order valence-electron chi connectivity index (χ3n) is 3.60. The number of imidazole rings is 1. The Balaban J connectivity index is 2.14. The minimum absolute atomic E-state index is 0.173. The Morgan fingerprint density at radius 2 is 2.19 bits per heavy atom. The molecule has 1 aliphatic rings. The van der Waals surface area contributed by atoms with Crippen LogP contribution in [0.2, 0.25) is 0 Å². The number of carboxylic acid groups (broad SMARTS) is 1. The van der Waals surface area contributed by atoms with Crippen molar-refractivity contribution in [2.24, 2.45) is 11.8 Å². The monoisotopic (exact) mass is 222 g/mol. The van der Waals surface area contributed by atoms with E-state index in [1.54, 1.807) is 6.33 Å². The van der Waals surface area contributed by atoms with E-state index in [0.717, 1.165) is 18.5 Å². The van der Waals surface area contributed by atoms with Crippen LogP contribution >= 0.6 is 0 Å². The average molecular weight is 222 g/mol. The van der Waals surface area contributed by atoms with Gasteiger partial charge in [-0.2, -0.15) is 0 Å². The van der Waals surface area contributed by atoms with Crippen molar-refractivity contribution in [3.63, 3.8) is 0 Å². The van der Waals surface area contributed by atoms with E-state index in [9.17, 15) is 4.79 Å². The average Bonchev–Trinajstić information content (AvgIpc) is 2.58. The van der Waals surface area contributed by atoms with E-state index in [4.69, 9.17) is 5.11 Å². The molecular formula is C12H18N2O2. The highest BCUT2D eigenvalue weighted by Gasteiger charge is 2.25. The fourth-order valence-corrected chi connectivity index (χ4v) is 2.28. The summed E-state index contributed by atoms with van der Waals surface area (Å²) in [5.74, 6) is 0.586. The first-order chi connectivity index (χ1) is 7.58. The van der Waals surface area contributed by atoms with Crippen molar-refractivity contribution < 1.29 is 9.90 Å². The molecule has 0 saturated carbocycles. The van der Waals surface area contributed by atoms with E-state index in [0.29, 0.717) is 18.4 Å². The number of hydrogen-bond donors (Lipinski definition) is 1. The van der Waals surface area contributed by atoms with E-state index in [2.05, 4.69) is 18.8 Å². The van der Waals surface area contributed by atoms with E-state index in [1.165, 1.54) is 5.69 Å². The zero-order valence-corrected chi connectivity index (χ0v) is 9.81. The van der Waals surface area contributed by atoms with Crippen molar-refractivity contribution >= 4 is 5.97 Å². The van der Waals surface area contributed by atoms with Gasteiger partial charge in [0.15, 0.2) is 0 Å². The van der Waals surface area contributed by atoms with Crippen molar-refractivity contribution in [2.45, 2.75) is 39.7 Å². The van der Waals surface area contributed by atoms with E-state index >= 15 is 0 Å². The second-order valence-corrected chi connectivity index (χ2v) is 4.84. The van der Waals surface area contributed by atoms with Crippen LogP contribution in [0, 0.1) is 11.8 Å². The Hall–Kier alpha value is -1.32. The molecular weight excluding hydrogens is 204 g/mol. The van der Waals surface area contributed by atoms with Crippen LogP contribution < -0.4 is 0 Å². The Labute approximate surface area is 95.3 Å². The molecule has 4 heteroatoms. The normalized spacial score (nSPS) is 24.1. The standard InChI is InChI=1S/C12H18N2O2/c1-8-5-10-11(6-9(8)2)14(7-13-10)4-3-12(15)16/h7-9H,3-6H2,1-2H3,(H,15,16). The third kappa shape index (κ3) is 2.10. The Morgan fingerprint density at radius 1 is 1.50 bits per heavy atom. The van der Waals surface area contributed by atoms with Gasteiger partial charge in [0.2, 0.25) is 0 Å². The largest absolute Gasteiger partial charge is 0.481 e. The number of fused-ring (bicyclic) bond motifs is 1. The molecule has 1 aromatic rings. The quantitative estimate of drug-likeness (QED) is 0.847. The summed E-state index contributed by atoms with van der Waals surface area (Å²) in [6.45, 7) is 5.05. The predicted octanol–water partition coefficient (Wildman–Crippen LogP) is 1.73. The molecule has 0 radical (unpaired) electrons. The summed E-state index contributed by atoms with van der Waals surface area (Å²) in [7, 11) is 0. The van der Waals surface area contributed by atoms with Gasteiger partial charge in [0.05, 0.1) is 18.4 Å². The number of nitrogens with zero attached hydrogens (tertiary/aromatic N) is 2. The number of rotatable bonds is 3. The van der Waals surface area contributed by atoms with Crippen LogP contribution in [0.3, 0.4) is 0 Å². The number of hydrogen-bond acceptors (Lipinski definition) is 2. The van der Waals surface area contributed by atoms with Gasteiger partial charge in [-0.3, -0.25) is 4.79 Å². The minimum Gasteiger partial charge on any atom is -0.481 e. The summed E-state index contributed by atoms with van der Waals surface area (Å²) in [5, 5.41) is 8.68. The maximum Gasteiger partial charge on any atom is 0.305 e. The van der Waals surface area contributed by atoms with Gasteiger partial charge in [0.1, 0.15) is 0 Å². The molecule has 0 amide bonds. The molecule has 0 aromatic carbocycles. The van der Waals surface area contributed by atoms with Gasteiger partial charge in [0.25, 0.3) is 0 Å². The fourth-order valence-electron chi connectivity index (χ4n) is 2.28. The van der Waals surface area contributed by atoms with Gasteiger partial charge < -0.3 is 9.67 Å². The molecule has 1 aromatic heterocycles. The number of aliphatic carboxylic acids is 1. The molecule has 0 aliphatic heterocycles. The Bertz CT molecular complexity index is 398. The fraction of sp³-hybridized carbons (Fsp3) is 0.667. The summed E-state index contributed by atoms with van der Waals surface area (Å²) < 4.78 is 2.01. The molecule has 0 saturated heterocycles. The molecule has 2 atom stereocenters. The van der Waals surface area contributed by atoms with Crippen LogP contribution in [-0.2, 0) is 24.2 Å². The summed E-state index contributed by atoms with van der Waals surface area (Å²) in [6, 6.07) is 0. The predicted molar refractivity (Wildman–Crippen MR) is 60.2 cm³/mol. The van der Waals surface area contributed by atoms with Crippen LogP contribution in [0.4, 0.5) is 0 Å². The molecule has 1 aliphatic carbocycles. The molecule has 0 spiro atoms. The van der Waals surface area contributed by atoms with Gasteiger partial charge in [-0.25, -0.2) is 4.98 Å². The van der Waals surface area contributed by atoms with Gasteiger partial charge in [0, 0.05) is 12.2 Å². The minimum atomic E-state index is -0.750. The van der Waals surface area contributed by atoms with E-state index < -0.39 is 5.97 Å². The van der Waals surface area contributed by atoms with Crippen LogP contribution in [0.1, 0.15) is 31.7 Å². The second kappa shape index (κ2) is 4.28. The summed E-state index contributed by atoms with van der Waals surface area (Å²) in [5.41, 5.74) is 2.41. The van der Waals surface area contributed by atoms with Crippen LogP contribution in [0.15, 0.2) is 6.33 Å². The zero-order chi connectivity index (χ0) is 11.7. The highest BCUT2D eigenvalue weighted by atomic mass is 16.4. The van der Waals surface area contributed by atoms with E-state index in [1.807, 2.05) is 4.57 Å². The number of aromatic nitrogens is 2. The first-order valence-electron chi connectivity index (χ1n) is 5.82. The highest BCUT2D eigenvalue weighted by molar-refractivity contribution is 5.66. The van der Waals surface area contributed by atoms with Crippen molar-refractivity contribution in [3.8, 4) is 0 Å². The van der Waals surface area contributed by atoms with E-state index in [-0.39, 0.29) is 6.42 Å². The number of carbonyl (C=O) groups is 1. The lowest BCUT2D eigenvalue weighted by Gasteiger charge is -2.26. The Kier molecular flexibility index (Phi) is 2.99. The van der Waals surface area contributed by atoms with Crippen molar-refractivity contribution in [1.29, 1.82) is 0 Å². The lowest BCUT2D eigenvalue weighted by molar-refractivity contribution is -0.137. The highest BCUT2D eigenvalue weighted by Crippen LogP contribution is 2.28. The van der Waals surface area contributed by atoms with Crippen LogP contribution in [-0.4, -0.2) is 20.6 Å². The van der Waals surface area contributed by atoms with Gasteiger partial charge in [-0.1, -0.05) is 13.8 Å². The number of carboxylic acids is 1. The topological polar surface area (TPSA) is 55.1 Å². The third-order valence-corrected chi connectivity index (χ3v) is 3.60. The lowest BCUT2D eigenvalue weighted by atomic mass is 9.82. The molecule has 4 nitrogen and oxygen atoms in total. The Morgan fingerprint density at radius 3 is 2.88 bits per heavy atom. The SMILES string of the molecule is CC1Cc2ncn(CCC(=O)O)c2CC1C. The smallest absolute Gasteiger partial charge is 0.305 e. The van der Waals surface area contributed by atoms with Crippen molar-refractivity contribution in [2.75, 3.05) is 0 Å². The lowest BCUT2D eigenvalue weighted by Crippen LogP contribution is -2.22. The number of aryl methyl sites for hydroxylation is 1. The van der Waals surface area contributed by atoms with Gasteiger partial charge >= 0.3 is 5.97 Å². The molecule has 2 unspecified atom stereocenters. The molecule has 16 heavy (non-hydrogen) atoms. The maximum absolute atomic E-state index is 10.5. The summed E-state index contributed by atoms with van der Waals surface area (Å²) >= 11 is 0. The maximum atomic E-state index is 10.5. The molecule has 88 valence electrons. The summed E-state index contributed by atoms with van der Waals surface area (Å²) in [6.07, 6.45) is 4.01. The summed E-state index contributed by atoms with van der Waals surface area (Å²) in [4.78, 5) is 14.9. The molecule has 0 bridgehead atoms.